The highest BCUT2D eigenvalue weighted by Crippen LogP contribution is 2.47. The maximum Gasteiger partial charge on any atom is 0.334 e. The van der Waals surface area contributed by atoms with Gasteiger partial charge in [-0.2, -0.15) is 0 Å². The lowest BCUT2D eigenvalue weighted by atomic mass is 9.86. The molecule has 5 heteroatoms. The number of carbonyl (C=O) groups excluding carboxylic acids is 1. The Labute approximate surface area is 159 Å². The zero-order valence-electron chi connectivity index (χ0n) is 16.0. The van der Waals surface area contributed by atoms with Crippen LogP contribution in [0.25, 0.3) is 10.9 Å². The Hall–Kier alpha value is -2.11. The van der Waals surface area contributed by atoms with Crippen LogP contribution < -0.4 is 0 Å². The predicted molar refractivity (Wildman–Crippen MR) is 103 cm³/mol. The van der Waals surface area contributed by atoms with Gasteiger partial charge in [0.05, 0.1) is 11.6 Å². The Morgan fingerprint density at radius 3 is 2.89 bits per heavy atom. The van der Waals surface area contributed by atoms with Crippen LogP contribution in [-0.2, 0) is 20.7 Å². The summed E-state index contributed by atoms with van der Waals surface area (Å²) in [4.78, 5) is 14.7. The SMILES string of the molecule is CCO[C@H]1C[C@H](C2=CCOC2=O)C[C@@H]2c3c(c4ccccc4n31)CCN2C. The van der Waals surface area contributed by atoms with Gasteiger partial charge in [-0.15, -0.1) is 0 Å². The minimum atomic E-state index is -0.148. The smallest absolute Gasteiger partial charge is 0.334 e. The predicted octanol–water partition coefficient (Wildman–Crippen LogP) is 3.60. The second-order valence-electron chi connectivity index (χ2n) is 7.83. The van der Waals surface area contributed by atoms with Crippen molar-refractivity contribution in [1.82, 2.24) is 9.47 Å². The van der Waals surface area contributed by atoms with Crippen LogP contribution in [0, 0.1) is 5.92 Å². The molecular weight excluding hydrogens is 340 g/mol. The van der Waals surface area contributed by atoms with Crippen molar-refractivity contribution in [2.24, 2.45) is 5.92 Å². The molecule has 0 fully saturated rings. The van der Waals surface area contributed by atoms with Crippen LogP contribution in [-0.4, -0.2) is 42.2 Å². The Morgan fingerprint density at radius 2 is 2.11 bits per heavy atom. The molecule has 0 aliphatic carbocycles. The maximum atomic E-state index is 12.3. The van der Waals surface area contributed by atoms with Gasteiger partial charge in [0.25, 0.3) is 0 Å². The first-order valence-corrected chi connectivity index (χ1v) is 9.99. The van der Waals surface area contributed by atoms with Crippen LogP contribution in [0.4, 0.5) is 0 Å². The van der Waals surface area contributed by atoms with Gasteiger partial charge >= 0.3 is 5.97 Å². The van der Waals surface area contributed by atoms with Crippen molar-refractivity contribution >= 4 is 16.9 Å². The van der Waals surface area contributed by atoms with E-state index in [1.165, 1.54) is 22.2 Å². The number of rotatable bonds is 3. The van der Waals surface area contributed by atoms with Crippen LogP contribution in [0.5, 0.6) is 0 Å². The van der Waals surface area contributed by atoms with E-state index in [0.717, 1.165) is 31.4 Å². The molecular formula is C22H26N2O3. The van der Waals surface area contributed by atoms with Gasteiger partial charge in [0.15, 0.2) is 0 Å². The number of carbonyl (C=O) groups is 1. The van der Waals surface area contributed by atoms with E-state index < -0.39 is 0 Å². The van der Waals surface area contributed by atoms with Crippen LogP contribution in [0.1, 0.15) is 43.3 Å². The minimum Gasteiger partial charge on any atom is -0.458 e. The number of cyclic esters (lactones) is 1. The molecule has 4 heterocycles. The second-order valence-corrected chi connectivity index (χ2v) is 7.83. The van der Waals surface area contributed by atoms with E-state index in [1.54, 1.807) is 0 Å². The molecule has 0 unspecified atom stereocenters. The lowest BCUT2D eigenvalue weighted by molar-refractivity contribution is -0.136. The van der Waals surface area contributed by atoms with Gasteiger partial charge in [-0.25, -0.2) is 4.79 Å². The van der Waals surface area contributed by atoms with Crippen LogP contribution in [0.15, 0.2) is 35.9 Å². The van der Waals surface area contributed by atoms with E-state index in [4.69, 9.17) is 9.47 Å². The van der Waals surface area contributed by atoms with Gasteiger partial charge in [0, 0.05) is 29.8 Å². The maximum absolute atomic E-state index is 12.3. The zero-order chi connectivity index (χ0) is 18.5. The summed E-state index contributed by atoms with van der Waals surface area (Å²) in [5, 5.41) is 1.35. The zero-order valence-corrected chi connectivity index (χ0v) is 16.0. The van der Waals surface area contributed by atoms with Crippen molar-refractivity contribution < 1.29 is 14.3 Å². The molecule has 0 bridgehead atoms. The summed E-state index contributed by atoms with van der Waals surface area (Å²) >= 11 is 0. The molecule has 0 spiro atoms. The van der Waals surface area contributed by atoms with Crippen molar-refractivity contribution in [3.63, 3.8) is 0 Å². The Morgan fingerprint density at radius 1 is 1.26 bits per heavy atom. The second kappa shape index (κ2) is 6.50. The Kier molecular flexibility index (Phi) is 4.10. The highest BCUT2D eigenvalue weighted by Gasteiger charge is 2.41. The number of aromatic nitrogens is 1. The molecule has 142 valence electrons. The normalized spacial score (nSPS) is 28.0. The molecule has 1 aromatic heterocycles. The lowest BCUT2D eigenvalue weighted by Crippen LogP contribution is -2.34. The van der Waals surface area contributed by atoms with Crippen molar-refractivity contribution in [2.45, 2.75) is 38.5 Å². The summed E-state index contributed by atoms with van der Waals surface area (Å²) in [5.74, 6) is 0.0129. The number of ether oxygens (including phenoxy) is 2. The van der Waals surface area contributed by atoms with E-state index >= 15 is 0 Å². The molecule has 0 saturated heterocycles. The molecule has 3 atom stereocenters. The fourth-order valence-corrected chi connectivity index (χ4v) is 5.24. The van der Waals surface area contributed by atoms with Crippen LogP contribution in [0.2, 0.25) is 0 Å². The van der Waals surface area contributed by atoms with Gasteiger partial charge < -0.3 is 14.0 Å². The summed E-state index contributed by atoms with van der Waals surface area (Å²) in [6.07, 6.45) is 4.72. The van der Waals surface area contributed by atoms with Crippen LogP contribution >= 0.6 is 0 Å². The first kappa shape index (κ1) is 17.0. The van der Waals surface area contributed by atoms with E-state index in [1.807, 2.05) is 13.0 Å². The number of nitrogens with zero attached hydrogens (tertiary/aromatic N) is 2. The van der Waals surface area contributed by atoms with Gasteiger partial charge in [-0.05, 0) is 56.9 Å². The van der Waals surface area contributed by atoms with Gasteiger partial charge in [-0.3, -0.25) is 4.90 Å². The summed E-state index contributed by atoms with van der Waals surface area (Å²) < 4.78 is 13.9. The first-order chi connectivity index (χ1) is 13.2. The summed E-state index contributed by atoms with van der Waals surface area (Å²) in [5.41, 5.74) is 4.94. The number of hydrogen-bond acceptors (Lipinski definition) is 4. The molecule has 0 saturated carbocycles. The standard InChI is InChI=1S/C22H26N2O3/c1-3-26-20-13-14(15-9-11-27-22(15)25)12-19-21-17(8-10-23(19)2)16-6-4-5-7-18(16)24(20)21/h4-7,9,14,19-20H,3,8,10-13H2,1-2H3/t14-,19-,20+/m1/s1. The number of fused-ring (bicyclic) bond motifs is 3. The Bertz CT molecular complexity index is 929. The van der Waals surface area contributed by atoms with Gasteiger partial charge in [0.2, 0.25) is 0 Å². The summed E-state index contributed by atoms with van der Waals surface area (Å²) in [6.45, 7) is 4.15. The topological polar surface area (TPSA) is 43.7 Å². The number of benzene rings is 1. The molecule has 0 amide bonds. The molecule has 3 aliphatic rings. The molecule has 5 nitrogen and oxygen atoms in total. The molecule has 0 N–H and O–H groups in total. The van der Waals surface area contributed by atoms with E-state index in [-0.39, 0.29) is 18.1 Å². The molecule has 0 radical (unpaired) electrons. The van der Waals surface area contributed by atoms with Crippen molar-refractivity contribution in [2.75, 3.05) is 26.8 Å². The average molecular weight is 366 g/mol. The van der Waals surface area contributed by atoms with E-state index in [9.17, 15) is 4.79 Å². The number of hydrogen-bond donors (Lipinski definition) is 0. The first-order valence-electron chi connectivity index (χ1n) is 9.99. The van der Waals surface area contributed by atoms with Crippen molar-refractivity contribution in [3.05, 3.63) is 47.2 Å². The van der Waals surface area contributed by atoms with Crippen LogP contribution in [0.3, 0.4) is 0 Å². The van der Waals surface area contributed by atoms with Crippen molar-refractivity contribution in [3.8, 4) is 0 Å². The molecule has 2 aromatic rings. The van der Waals surface area contributed by atoms with E-state index in [0.29, 0.717) is 19.3 Å². The third kappa shape index (κ3) is 2.56. The summed E-state index contributed by atoms with van der Waals surface area (Å²) in [7, 11) is 2.20. The number of para-hydroxylation sites is 1. The highest BCUT2D eigenvalue weighted by atomic mass is 16.5. The highest BCUT2D eigenvalue weighted by molar-refractivity contribution is 5.91. The molecule has 27 heavy (non-hydrogen) atoms. The monoisotopic (exact) mass is 366 g/mol. The fourth-order valence-electron chi connectivity index (χ4n) is 5.24. The minimum absolute atomic E-state index is 0.0561. The third-order valence-electron chi connectivity index (χ3n) is 6.45. The van der Waals surface area contributed by atoms with Crippen molar-refractivity contribution in [1.29, 1.82) is 0 Å². The lowest BCUT2D eigenvalue weighted by Gasteiger charge is -2.34. The largest absolute Gasteiger partial charge is 0.458 e. The third-order valence-corrected chi connectivity index (χ3v) is 6.45. The summed E-state index contributed by atoms with van der Waals surface area (Å²) in [6, 6.07) is 8.99. The van der Waals surface area contributed by atoms with Gasteiger partial charge in [-0.1, -0.05) is 18.2 Å². The van der Waals surface area contributed by atoms with E-state index in [2.05, 4.69) is 40.8 Å². The average Bonchev–Trinajstić information content (AvgIpc) is 3.19. The molecule has 1 aromatic carbocycles. The number of likely N-dealkylation sites (N-methyl/N-ethyl adjacent to an activating group) is 1. The Balaban J connectivity index is 1.70. The van der Waals surface area contributed by atoms with Gasteiger partial charge in [0.1, 0.15) is 12.8 Å². The number of esters is 1. The quantitative estimate of drug-likeness (QED) is 0.779. The molecule has 3 aliphatic heterocycles. The molecule has 5 rings (SSSR count). The fraction of sp³-hybridized carbons (Fsp3) is 0.500.